The predicted molar refractivity (Wildman–Crippen MR) is 96.9 cm³/mol. The van der Waals surface area contributed by atoms with Crippen LogP contribution < -0.4 is 0 Å². The molecule has 2 aromatic rings. The SMILES string of the molecule is O=S1(=O)c2cc3ccc2CCc2ccc(cc2S(=O)(=O)N1C1CC1)CC3. The first-order chi connectivity index (χ1) is 12.4. The molecule has 2 heterocycles. The van der Waals surface area contributed by atoms with Crippen LogP contribution in [-0.4, -0.2) is 26.6 Å². The van der Waals surface area contributed by atoms with Crippen LogP contribution in [0.3, 0.4) is 0 Å². The van der Waals surface area contributed by atoms with E-state index in [2.05, 4.69) is 0 Å². The van der Waals surface area contributed by atoms with E-state index in [1.807, 2.05) is 24.3 Å². The third-order valence-electron chi connectivity index (χ3n) is 5.50. The number of sulfonamides is 2. The fourth-order valence-electron chi connectivity index (χ4n) is 3.96. The smallest absolute Gasteiger partial charge is 0.206 e. The van der Waals surface area contributed by atoms with Crippen LogP contribution in [0.2, 0.25) is 0 Å². The van der Waals surface area contributed by atoms with Gasteiger partial charge in [0.05, 0.1) is 9.79 Å². The molecule has 0 aromatic heterocycles. The number of hydrogen-bond acceptors (Lipinski definition) is 4. The molecule has 0 saturated heterocycles. The van der Waals surface area contributed by atoms with Crippen molar-refractivity contribution < 1.29 is 16.8 Å². The second-order valence-electron chi connectivity index (χ2n) is 7.35. The van der Waals surface area contributed by atoms with E-state index in [1.54, 1.807) is 12.1 Å². The molecule has 0 atom stereocenters. The molecule has 5 nitrogen and oxygen atoms in total. The summed E-state index contributed by atoms with van der Waals surface area (Å²) in [6.45, 7) is 0. The van der Waals surface area contributed by atoms with Crippen LogP contribution in [0.5, 0.6) is 0 Å². The highest BCUT2D eigenvalue weighted by atomic mass is 32.3. The number of rotatable bonds is 1. The monoisotopic (exact) mass is 389 g/mol. The lowest BCUT2D eigenvalue weighted by Gasteiger charge is -2.23. The second-order valence-corrected chi connectivity index (χ2v) is 11.1. The number of benzene rings is 2. The molecule has 0 N–H and O–H groups in total. The Hall–Kier alpha value is -1.70. The Morgan fingerprint density at radius 2 is 1.15 bits per heavy atom. The van der Waals surface area contributed by atoms with Gasteiger partial charge in [-0.15, -0.1) is 0 Å². The fraction of sp³-hybridized carbons (Fsp3) is 0.368. The van der Waals surface area contributed by atoms with Crippen LogP contribution >= 0.6 is 0 Å². The molecular formula is C19H19NO4S2. The molecule has 2 aromatic carbocycles. The Balaban J connectivity index is 1.93. The Morgan fingerprint density at radius 3 is 1.58 bits per heavy atom. The van der Waals surface area contributed by atoms with Crippen LogP contribution in [0.4, 0.5) is 0 Å². The largest absolute Gasteiger partial charge is 0.256 e. The van der Waals surface area contributed by atoms with Gasteiger partial charge in [0.25, 0.3) is 20.0 Å². The molecule has 2 aliphatic heterocycles. The standard InChI is InChI=1S/C19H19NO4S2/c21-25(22)18-11-13-1-2-14-4-6-16(8-7-15(18)5-3-13)19(12-14)26(23,24)20(25)17-9-10-17/h3-6,11-12,17H,1-2,7-10H2. The van der Waals surface area contributed by atoms with E-state index < -0.39 is 26.1 Å². The van der Waals surface area contributed by atoms with Gasteiger partial charge in [-0.3, -0.25) is 0 Å². The molecule has 3 aliphatic rings. The van der Waals surface area contributed by atoms with Crippen molar-refractivity contribution in [3.63, 3.8) is 0 Å². The van der Waals surface area contributed by atoms with E-state index in [1.165, 1.54) is 0 Å². The normalized spacial score (nSPS) is 23.4. The first kappa shape index (κ1) is 16.5. The highest BCUT2D eigenvalue weighted by molar-refractivity contribution is 8.04. The van der Waals surface area contributed by atoms with E-state index in [-0.39, 0.29) is 9.79 Å². The van der Waals surface area contributed by atoms with Crippen LogP contribution in [0, 0.1) is 0 Å². The fourth-order valence-corrected chi connectivity index (χ4v) is 8.67. The molecule has 1 aliphatic carbocycles. The van der Waals surface area contributed by atoms with Crippen molar-refractivity contribution >= 4 is 20.0 Å². The third-order valence-corrected chi connectivity index (χ3v) is 10.1. The van der Waals surface area contributed by atoms with Crippen LogP contribution in [-0.2, 0) is 45.7 Å². The van der Waals surface area contributed by atoms with Gasteiger partial charge in [-0.2, -0.15) is 0 Å². The average Bonchev–Trinajstić information content (AvgIpc) is 3.40. The highest BCUT2D eigenvalue weighted by Gasteiger charge is 2.48. The van der Waals surface area contributed by atoms with Gasteiger partial charge in [0.2, 0.25) is 0 Å². The van der Waals surface area contributed by atoms with Crippen molar-refractivity contribution in [3.8, 4) is 0 Å². The minimum Gasteiger partial charge on any atom is -0.206 e. The summed E-state index contributed by atoms with van der Waals surface area (Å²) in [6.07, 6.45) is 3.56. The van der Waals surface area contributed by atoms with E-state index in [0.29, 0.717) is 49.7 Å². The number of fused-ring (bicyclic) bond motifs is 4. The Labute approximate surface area is 153 Å². The first-order valence-electron chi connectivity index (χ1n) is 8.91. The van der Waals surface area contributed by atoms with E-state index >= 15 is 0 Å². The Bertz CT molecular complexity index is 1050. The molecule has 0 unspecified atom stereocenters. The zero-order valence-corrected chi connectivity index (χ0v) is 15.8. The van der Waals surface area contributed by atoms with Crippen molar-refractivity contribution in [2.75, 3.05) is 0 Å². The van der Waals surface area contributed by atoms with Crippen molar-refractivity contribution in [1.29, 1.82) is 0 Å². The molecule has 7 heteroatoms. The van der Waals surface area contributed by atoms with E-state index in [4.69, 9.17) is 0 Å². The quantitative estimate of drug-likeness (QED) is 0.751. The second kappa shape index (κ2) is 5.41. The van der Waals surface area contributed by atoms with Crippen LogP contribution in [0.1, 0.15) is 35.1 Å². The molecule has 1 saturated carbocycles. The number of nitrogens with zero attached hydrogens (tertiary/aromatic N) is 1. The molecule has 0 radical (unpaired) electrons. The van der Waals surface area contributed by atoms with Gasteiger partial charge in [-0.25, -0.2) is 16.8 Å². The first-order valence-corrected chi connectivity index (χ1v) is 11.8. The summed E-state index contributed by atoms with van der Waals surface area (Å²) in [5, 5.41) is 0. The summed E-state index contributed by atoms with van der Waals surface area (Å²) >= 11 is 0. The van der Waals surface area contributed by atoms with Gasteiger partial charge < -0.3 is 0 Å². The predicted octanol–water partition coefficient (Wildman–Crippen LogP) is 2.43. The van der Waals surface area contributed by atoms with Crippen molar-refractivity contribution in [3.05, 3.63) is 58.7 Å². The average molecular weight is 389 g/mol. The summed E-state index contributed by atoms with van der Waals surface area (Å²) in [6, 6.07) is 10.6. The lowest BCUT2D eigenvalue weighted by atomic mass is 9.96. The summed E-state index contributed by atoms with van der Waals surface area (Å²) in [5.74, 6) is 0. The van der Waals surface area contributed by atoms with Crippen molar-refractivity contribution in [2.24, 2.45) is 0 Å². The minimum absolute atomic E-state index is 0.166. The van der Waals surface area contributed by atoms with E-state index in [9.17, 15) is 16.8 Å². The number of aryl methyl sites for hydroxylation is 4. The third kappa shape index (κ3) is 2.37. The molecule has 1 fully saturated rings. The van der Waals surface area contributed by atoms with Gasteiger partial charge in [0.1, 0.15) is 0 Å². The Kier molecular flexibility index (Phi) is 3.42. The summed E-state index contributed by atoms with van der Waals surface area (Å²) in [5.41, 5.74) is 3.25. The molecule has 0 amide bonds. The maximum absolute atomic E-state index is 13.5. The molecule has 0 spiro atoms. The van der Waals surface area contributed by atoms with E-state index in [0.717, 1.165) is 14.8 Å². The number of hydrogen-bond donors (Lipinski definition) is 0. The van der Waals surface area contributed by atoms with Crippen LogP contribution in [0.25, 0.3) is 0 Å². The molecule has 4 bridgehead atoms. The molecule has 26 heavy (non-hydrogen) atoms. The molecule has 136 valence electrons. The van der Waals surface area contributed by atoms with Crippen LogP contribution in [0.15, 0.2) is 46.2 Å². The topological polar surface area (TPSA) is 71.5 Å². The summed E-state index contributed by atoms with van der Waals surface area (Å²) < 4.78 is 54.7. The lowest BCUT2D eigenvalue weighted by Crippen LogP contribution is -2.39. The molecular weight excluding hydrogens is 370 g/mol. The molecule has 5 rings (SSSR count). The van der Waals surface area contributed by atoms with Gasteiger partial charge in [-0.05, 0) is 72.9 Å². The van der Waals surface area contributed by atoms with Gasteiger partial charge in [-0.1, -0.05) is 28.0 Å². The van der Waals surface area contributed by atoms with Gasteiger partial charge in [0.15, 0.2) is 0 Å². The van der Waals surface area contributed by atoms with Crippen molar-refractivity contribution in [2.45, 2.75) is 54.4 Å². The summed E-state index contributed by atoms with van der Waals surface area (Å²) in [4.78, 5) is 0.332. The Morgan fingerprint density at radius 1 is 0.692 bits per heavy atom. The zero-order valence-electron chi connectivity index (χ0n) is 14.2. The lowest BCUT2D eigenvalue weighted by molar-refractivity contribution is 0.493. The maximum Gasteiger partial charge on any atom is 0.256 e. The maximum atomic E-state index is 13.5. The van der Waals surface area contributed by atoms with Gasteiger partial charge >= 0.3 is 0 Å². The highest BCUT2D eigenvalue weighted by Crippen LogP contribution is 2.40. The zero-order chi connectivity index (χ0) is 18.1. The minimum atomic E-state index is -4.12. The van der Waals surface area contributed by atoms with Crippen molar-refractivity contribution in [1.82, 2.24) is 3.71 Å². The van der Waals surface area contributed by atoms with Gasteiger partial charge in [0, 0.05) is 6.04 Å². The summed E-state index contributed by atoms with van der Waals surface area (Å²) in [7, 11) is -8.23.